The van der Waals surface area contributed by atoms with Crippen molar-refractivity contribution in [3.05, 3.63) is 64.2 Å². The molecular formula is C22H20O9. The quantitative estimate of drug-likeness (QED) is 0.458. The average Bonchev–Trinajstić information content (AvgIpc) is 2.76. The zero-order chi connectivity index (χ0) is 22.2. The molecule has 9 nitrogen and oxygen atoms in total. The second-order valence-corrected chi connectivity index (χ2v) is 8.43. The van der Waals surface area contributed by atoms with E-state index in [4.69, 9.17) is 13.9 Å². The Hall–Kier alpha value is -3.01. The van der Waals surface area contributed by atoms with Gasteiger partial charge in [0.05, 0.1) is 30.6 Å². The van der Waals surface area contributed by atoms with Crippen LogP contribution in [-0.2, 0) is 9.53 Å². The van der Waals surface area contributed by atoms with Gasteiger partial charge in [0.2, 0.25) is 5.60 Å². The molecule has 2 heterocycles. The van der Waals surface area contributed by atoms with Crippen molar-refractivity contribution in [2.45, 2.75) is 41.7 Å². The number of carbonyl (C=O) groups is 2. The summed E-state index contributed by atoms with van der Waals surface area (Å²) in [4.78, 5) is 38.4. The first kappa shape index (κ1) is 19.9. The number of rotatable bonds is 4. The van der Waals surface area contributed by atoms with Crippen molar-refractivity contribution in [3.63, 3.8) is 0 Å². The minimum absolute atomic E-state index is 0.106. The molecule has 3 N–H and O–H groups in total. The predicted octanol–water partition coefficient (Wildman–Crippen LogP) is 0.157. The maximum Gasteiger partial charge on any atom is 0.342 e. The van der Waals surface area contributed by atoms with Crippen LogP contribution in [0.15, 0.2) is 51.7 Å². The van der Waals surface area contributed by atoms with Gasteiger partial charge in [-0.05, 0) is 0 Å². The third-order valence-electron chi connectivity index (χ3n) is 6.84. The first-order chi connectivity index (χ1) is 14.6. The van der Waals surface area contributed by atoms with Crippen molar-refractivity contribution in [1.29, 1.82) is 0 Å². The Bertz CT molecular complexity index is 1140. The minimum Gasteiger partial charge on any atom is -0.496 e. The van der Waals surface area contributed by atoms with Gasteiger partial charge < -0.3 is 29.2 Å². The third kappa shape index (κ3) is 2.39. The molecule has 2 aliphatic carbocycles. The molecule has 5 rings (SSSR count). The lowest BCUT2D eigenvalue weighted by Gasteiger charge is -2.49. The molecular weight excluding hydrogens is 408 g/mol. The molecule has 1 saturated heterocycles. The highest BCUT2D eigenvalue weighted by atomic mass is 16.6. The summed E-state index contributed by atoms with van der Waals surface area (Å²) >= 11 is 0. The van der Waals surface area contributed by atoms with Gasteiger partial charge in [0.1, 0.15) is 23.2 Å². The van der Waals surface area contributed by atoms with E-state index in [9.17, 15) is 29.7 Å². The minimum atomic E-state index is -2.74. The van der Waals surface area contributed by atoms with Gasteiger partial charge in [0, 0.05) is 24.5 Å². The summed E-state index contributed by atoms with van der Waals surface area (Å²) in [6.45, 7) is 0. The molecule has 2 aromatic rings. The summed E-state index contributed by atoms with van der Waals surface area (Å²) in [5.74, 6) is -5.19. The van der Waals surface area contributed by atoms with Gasteiger partial charge in [0.25, 0.3) is 0 Å². The molecule has 6 atom stereocenters. The summed E-state index contributed by atoms with van der Waals surface area (Å²) in [5, 5.41) is 35.1. The van der Waals surface area contributed by atoms with Crippen LogP contribution < -0.4 is 10.4 Å². The molecule has 0 unspecified atom stereocenters. The smallest absolute Gasteiger partial charge is 0.342 e. The van der Waals surface area contributed by atoms with Crippen molar-refractivity contribution in [3.8, 4) is 5.75 Å². The Balaban J connectivity index is 1.76. The Labute approximate surface area is 175 Å². The van der Waals surface area contributed by atoms with E-state index in [1.54, 1.807) is 18.2 Å². The number of esters is 1. The second-order valence-electron chi connectivity index (χ2n) is 8.43. The Kier molecular flexibility index (Phi) is 4.02. The van der Waals surface area contributed by atoms with Crippen LogP contribution in [0.5, 0.6) is 5.75 Å². The van der Waals surface area contributed by atoms with E-state index in [1.165, 1.54) is 25.3 Å². The molecule has 1 aromatic heterocycles. The van der Waals surface area contributed by atoms with Crippen LogP contribution in [0.25, 0.3) is 0 Å². The number of carbonyl (C=O) groups excluding carboxylic acids is 2. The van der Waals surface area contributed by atoms with Crippen LogP contribution in [0.3, 0.4) is 0 Å². The molecule has 1 aromatic carbocycles. The number of methoxy groups -OCH3 is 1. The van der Waals surface area contributed by atoms with Crippen LogP contribution in [-0.4, -0.2) is 57.1 Å². The van der Waals surface area contributed by atoms with Crippen LogP contribution >= 0.6 is 0 Å². The Morgan fingerprint density at radius 2 is 1.81 bits per heavy atom. The van der Waals surface area contributed by atoms with Gasteiger partial charge in [-0.3, -0.25) is 4.79 Å². The lowest BCUT2D eigenvalue weighted by molar-refractivity contribution is -0.234. The van der Waals surface area contributed by atoms with E-state index in [-0.39, 0.29) is 29.9 Å². The monoisotopic (exact) mass is 428 g/mol. The zero-order valence-electron chi connectivity index (χ0n) is 16.5. The Morgan fingerprint density at radius 1 is 1.10 bits per heavy atom. The number of aliphatic hydroxyl groups is 3. The van der Waals surface area contributed by atoms with Crippen LogP contribution in [0, 0.1) is 5.92 Å². The van der Waals surface area contributed by atoms with Crippen molar-refractivity contribution in [2.75, 3.05) is 7.11 Å². The van der Waals surface area contributed by atoms with E-state index >= 15 is 0 Å². The van der Waals surface area contributed by atoms with Crippen molar-refractivity contribution >= 4 is 11.8 Å². The largest absolute Gasteiger partial charge is 0.496 e. The highest BCUT2D eigenvalue weighted by Crippen LogP contribution is 2.67. The number of benzene rings is 1. The summed E-state index contributed by atoms with van der Waals surface area (Å²) in [6, 6.07) is 10.2. The highest BCUT2D eigenvalue weighted by Gasteiger charge is 2.85. The molecule has 31 heavy (non-hydrogen) atoms. The van der Waals surface area contributed by atoms with Crippen LogP contribution in [0.1, 0.15) is 34.9 Å². The molecule has 3 aliphatic rings. The molecule has 0 amide bonds. The van der Waals surface area contributed by atoms with Crippen molar-refractivity contribution in [2.24, 2.45) is 5.92 Å². The van der Waals surface area contributed by atoms with Crippen LogP contribution in [0.4, 0.5) is 0 Å². The molecule has 0 radical (unpaired) electrons. The van der Waals surface area contributed by atoms with E-state index in [1.807, 2.05) is 0 Å². The normalized spacial score (nSPS) is 38.1. The zero-order valence-corrected chi connectivity index (χ0v) is 16.5. The fourth-order valence-corrected chi connectivity index (χ4v) is 5.72. The van der Waals surface area contributed by atoms with E-state index in [0.29, 0.717) is 0 Å². The number of hydrogen-bond acceptors (Lipinski definition) is 9. The lowest BCUT2D eigenvalue weighted by Crippen LogP contribution is -2.67. The van der Waals surface area contributed by atoms with E-state index in [2.05, 4.69) is 0 Å². The SMILES string of the molecule is COc1cc([C@H]2[C@@]3(O)C[C@H]4C[C@@]2(O)[C@](O)(C(=O)O4)[C@@H]3C(=O)c2ccccc2)oc(=O)c1. The number of Topliss-reactive ketones (excluding diaryl/α,β-unsaturated/α-hetero) is 1. The van der Waals surface area contributed by atoms with Gasteiger partial charge in [-0.2, -0.15) is 0 Å². The fraction of sp³-hybridized carbons (Fsp3) is 0.409. The van der Waals surface area contributed by atoms with Crippen molar-refractivity contribution in [1.82, 2.24) is 0 Å². The van der Waals surface area contributed by atoms with Gasteiger partial charge in [-0.25, -0.2) is 9.59 Å². The van der Waals surface area contributed by atoms with Crippen molar-refractivity contribution < 1.29 is 38.8 Å². The topological polar surface area (TPSA) is 144 Å². The molecule has 0 spiro atoms. The summed E-state index contributed by atoms with van der Waals surface area (Å²) in [7, 11) is 1.33. The summed E-state index contributed by atoms with van der Waals surface area (Å²) in [6.07, 6.45) is -1.37. The molecule has 162 valence electrons. The molecule has 2 saturated carbocycles. The standard InChI is InChI=1S/C22H20O9/c1-29-12-7-14(31-15(23)8-12)17-20(26)9-13-10-21(17,27)22(28,19(25)30-13)18(20)16(24)11-5-3-2-4-6-11/h2-8,13,17-18,26-28H,9-10H2,1H3/t13-,17-,18+,20-,21-,22+/m0/s1. The highest BCUT2D eigenvalue weighted by molar-refractivity contribution is 6.04. The maximum atomic E-state index is 13.5. The molecule has 3 fully saturated rings. The van der Waals surface area contributed by atoms with Gasteiger partial charge in [0.15, 0.2) is 5.78 Å². The first-order valence-electron chi connectivity index (χ1n) is 9.81. The van der Waals surface area contributed by atoms with Crippen LogP contribution in [0.2, 0.25) is 0 Å². The number of ether oxygens (including phenoxy) is 2. The second kappa shape index (κ2) is 6.25. The Morgan fingerprint density at radius 3 is 2.48 bits per heavy atom. The molecule has 3 bridgehead atoms. The molecule has 9 heteroatoms. The van der Waals surface area contributed by atoms with Gasteiger partial charge in [-0.1, -0.05) is 30.3 Å². The number of hydrogen-bond donors (Lipinski definition) is 3. The third-order valence-corrected chi connectivity index (χ3v) is 6.84. The first-order valence-corrected chi connectivity index (χ1v) is 9.81. The summed E-state index contributed by atoms with van der Waals surface area (Å²) in [5.41, 5.74) is -7.84. The van der Waals surface area contributed by atoms with Gasteiger partial charge in [-0.15, -0.1) is 0 Å². The summed E-state index contributed by atoms with van der Waals surface area (Å²) < 4.78 is 15.6. The van der Waals surface area contributed by atoms with E-state index < -0.39 is 52.1 Å². The lowest BCUT2D eigenvalue weighted by atomic mass is 9.67. The molecule has 1 aliphatic heterocycles. The maximum absolute atomic E-state index is 13.5. The van der Waals surface area contributed by atoms with E-state index in [0.717, 1.165) is 6.07 Å². The fourth-order valence-electron chi connectivity index (χ4n) is 5.72. The number of ketones is 1. The number of fused-ring (bicyclic) bond motifs is 2. The predicted molar refractivity (Wildman–Crippen MR) is 102 cm³/mol. The average molecular weight is 428 g/mol. The van der Waals surface area contributed by atoms with Gasteiger partial charge >= 0.3 is 11.6 Å².